The highest BCUT2D eigenvalue weighted by Gasteiger charge is 2.45. The lowest BCUT2D eigenvalue weighted by Crippen LogP contribution is -2.55. The van der Waals surface area contributed by atoms with Gasteiger partial charge in [-0.25, -0.2) is 19.2 Å². The minimum absolute atomic E-state index is 0.0344. The van der Waals surface area contributed by atoms with Crippen LogP contribution in [-0.4, -0.2) is 76.1 Å². The molecule has 0 spiro atoms. The van der Waals surface area contributed by atoms with Gasteiger partial charge in [0, 0.05) is 0 Å². The van der Waals surface area contributed by atoms with Crippen molar-refractivity contribution in [2.45, 2.75) is 31.0 Å². The molecule has 0 unspecified atom stereocenters. The first kappa shape index (κ1) is 41.0. The van der Waals surface area contributed by atoms with E-state index in [4.69, 9.17) is 28.0 Å². The normalized spacial score (nSPS) is 13.3. The lowest BCUT2D eigenvalue weighted by molar-refractivity contribution is -0.128. The third-order valence-corrected chi connectivity index (χ3v) is 8.58. The SMILES string of the molecule is CS(=O)(=O)O[C@H](COC(=O)c1ccccc1)[C@@H](OC(=O)c1ccccc1)[C@H](OC(=O)c1ccccc1)[C@@H](CNOCc1ccccc1)OC(=O)c1ccccc1. The molecule has 56 heavy (non-hydrogen) atoms. The van der Waals surface area contributed by atoms with Crippen LogP contribution in [0, 0.1) is 0 Å². The fourth-order valence-corrected chi connectivity index (χ4v) is 5.93. The smallest absolute Gasteiger partial charge is 0.338 e. The molecule has 0 amide bonds. The summed E-state index contributed by atoms with van der Waals surface area (Å²) in [7, 11) is -4.41. The van der Waals surface area contributed by atoms with Crippen LogP contribution >= 0.6 is 0 Å². The maximum atomic E-state index is 13.9. The standard InChI is InChI=1S/C42H39NO12S/c1-56(48,49)55-36(29-50-39(44)31-19-9-3-10-20-31)38(54-42(47)34-25-15-6-16-26-34)37(53-41(46)33-23-13-5-14-24-33)35(52-40(45)32-21-11-4-12-22-32)27-43-51-28-30-17-7-2-8-18-30/h2-26,35-38,43H,27-29H2,1H3/t35-,36-,37-,38-/m1/s1. The molecule has 1 N–H and O–H groups in total. The number of hydrogen-bond acceptors (Lipinski definition) is 13. The lowest BCUT2D eigenvalue weighted by Gasteiger charge is -2.35. The quantitative estimate of drug-likeness (QED) is 0.0362. The molecular weight excluding hydrogens is 743 g/mol. The Hall–Kier alpha value is -6.19. The molecule has 0 aliphatic carbocycles. The topological polar surface area (TPSA) is 170 Å². The summed E-state index contributed by atoms with van der Waals surface area (Å²) in [5, 5.41) is 0. The molecule has 0 aromatic heterocycles. The molecule has 0 aliphatic heterocycles. The van der Waals surface area contributed by atoms with E-state index < -0.39 is 71.6 Å². The van der Waals surface area contributed by atoms with E-state index >= 15 is 0 Å². The van der Waals surface area contributed by atoms with Gasteiger partial charge in [-0.3, -0.25) is 9.02 Å². The van der Waals surface area contributed by atoms with Gasteiger partial charge in [0.05, 0.1) is 41.7 Å². The molecule has 13 nitrogen and oxygen atoms in total. The second kappa shape index (κ2) is 20.5. The predicted molar refractivity (Wildman–Crippen MR) is 203 cm³/mol. The van der Waals surface area contributed by atoms with Crippen LogP contribution < -0.4 is 5.48 Å². The van der Waals surface area contributed by atoms with Crippen molar-refractivity contribution in [3.05, 3.63) is 179 Å². The molecule has 0 bridgehead atoms. The number of hydroxylamine groups is 1. The Morgan fingerprint density at radius 3 is 1.32 bits per heavy atom. The van der Waals surface area contributed by atoms with E-state index in [9.17, 15) is 27.6 Å². The van der Waals surface area contributed by atoms with Crippen LogP contribution in [0.5, 0.6) is 0 Å². The minimum Gasteiger partial charge on any atom is -0.459 e. The van der Waals surface area contributed by atoms with Crippen LogP contribution in [0.2, 0.25) is 0 Å². The van der Waals surface area contributed by atoms with Gasteiger partial charge in [0.2, 0.25) is 0 Å². The molecule has 5 rings (SSSR count). The van der Waals surface area contributed by atoms with Gasteiger partial charge < -0.3 is 18.9 Å². The van der Waals surface area contributed by atoms with Crippen molar-refractivity contribution in [3.8, 4) is 0 Å². The van der Waals surface area contributed by atoms with Gasteiger partial charge in [-0.2, -0.15) is 13.9 Å². The van der Waals surface area contributed by atoms with Crippen molar-refractivity contribution in [2.75, 3.05) is 19.4 Å². The number of esters is 4. The van der Waals surface area contributed by atoms with Crippen LogP contribution in [0.1, 0.15) is 47.0 Å². The molecule has 0 radical (unpaired) electrons. The third kappa shape index (κ3) is 12.7. The Labute approximate surface area is 324 Å². The monoisotopic (exact) mass is 781 g/mol. The van der Waals surface area contributed by atoms with E-state index in [1.54, 1.807) is 72.8 Å². The number of nitrogens with one attached hydrogen (secondary N) is 1. The third-order valence-electron chi connectivity index (χ3n) is 7.98. The van der Waals surface area contributed by atoms with Gasteiger partial charge in [-0.1, -0.05) is 103 Å². The van der Waals surface area contributed by atoms with Crippen LogP contribution in [0.15, 0.2) is 152 Å². The van der Waals surface area contributed by atoms with Gasteiger partial charge >= 0.3 is 23.9 Å². The molecule has 5 aromatic carbocycles. The van der Waals surface area contributed by atoms with E-state index in [-0.39, 0.29) is 28.9 Å². The molecule has 5 aromatic rings. The lowest BCUT2D eigenvalue weighted by atomic mass is 10.0. The van der Waals surface area contributed by atoms with Gasteiger partial charge in [0.1, 0.15) is 6.61 Å². The van der Waals surface area contributed by atoms with Gasteiger partial charge in [-0.15, -0.1) is 0 Å². The summed E-state index contributed by atoms with van der Waals surface area (Å²) in [5.41, 5.74) is 3.86. The minimum atomic E-state index is -4.41. The number of ether oxygens (including phenoxy) is 4. The van der Waals surface area contributed by atoms with Crippen molar-refractivity contribution < 1.29 is 55.6 Å². The zero-order valence-electron chi connectivity index (χ0n) is 30.2. The van der Waals surface area contributed by atoms with E-state index in [1.165, 1.54) is 48.5 Å². The van der Waals surface area contributed by atoms with Crippen LogP contribution in [0.3, 0.4) is 0 Å². The Bertz CT molecular complexity index is 2120. The van der Waals surface area contributed by atoms with Crippen LogP contribution in [0.4, 0.5) is 0 Å². The Morgan fingerprint density at radius 1 is 0.518 bits per heavy atom. The van der Waals surface area contributed by atoms with Crippen molar-refractivity contribution in [2.24, 2.45) is 0 Å². The summed E-state index contributed by atoms with van der Waals surface area (Å²) in [6, 6.07) is 40.3. The van der Waals surface area contributed by atoms with Gasteiger partial charge in [0.15, 0.2) is 24.4 Å². The molecule has 0 aliphatic rings. The van der Waals surface area contributed by atoms with Gasteiger partial charge in [-0.05, 0) is 54.1 Å². The molecule has 4 atom stereocenters. The first-order valence-electron chi connectivity index (χ1n) is 17.3. The number of carbonyl (C=O) groups excluding carboxylic acids is 4. The van der Waals surface area contributed by atoms with E-state index in [0.29, 0.717) is 0 Å². The highest BCUT2D eigenvalue weighted by Crippen LogP contribution is 2.24. The molecule has 0 fully saturated rings. The summed E-state index contributed by atoms with van der Waals surface area (Å²) < 4.78 is 54.6. The molecule has 0 saturated carbocycles. The number of rotatable bonds is 19. The first-order chi connectivity index (χ1) is 27.1. The summed E-state index contributed by atoms with van der Waals surface area (Å²) in [4.78, 5) is 60.1. The Kier molecular flexibility index (Phi) is 15.0. The molecular formula is C42H39NO12S. The second-order valence-electron chi connectivity index (χ2n) is 12.2. The summed E-state index contributed by atoms with van der Waals surface area (Å²) >= 11 is 0. The zero-order chi connectivity index (χ0) is 39.8. The van der Waals surface area contributed by atoms with Crippen molar-refractivity contribution >= 4 is 34.0 Å². The second-order valence-corrected chi connectivity index (χ2v) is 13.8. The predicted octanol–water partition coefficient (Wildman–Crippen LogP) is 5.59. The first-order valence-corrected chi connectivity index (χ1v) is 19.2. The molecule has 0 heterocycles. The van der Waals surface area contributed by atoms with Crippen LogP contribution in [-0.2, 0) is 44.7 Å². The summed E-state index contributed by atoms with van der Waals surface area (Å²) in [6.07, 6.45) is -6.44. The summed E-state index contributed by atoms with van der Waals surface area (Å²) in [6.45, 7) is -1.16. The van der Waals surface area contributed by atoms with Gasteiger partial charge in [0.25, 0.3) is 10.1 Å². The molecule has 14 heteroatoms. The molecule has 0 saturated heterocycles. The Morgan fingerprint density at radius 2 is 0.893 bits per heavy atom. The highest BCUT2D eigenvalue weighted by atomic mass is 32.2. The van der Waals surface area contributed by atoms with E-state index in [1.807, 2.05) is 30.3 Å². The average molecular weight is 782 g/mol. The summed E-state index contributed by atoms with van der Waals surface area (Å²) in [5.74, 6) is -3.68. The maximum absolute atomic E-state index is 13.9. The Balaban J connectivity index is 1.59. The zero-order valence-corrected chi connectivity index (χ0v) is 31.0. The van der Waals surface area contributed by atoms with E-state index in [2.05, 4.69) is 5.48 Å². The fraction of sp³-hybridized carbons (Fsp3) is 0.190. The van der Waals surface area contributed by atoms with Crippen LogP contribution in [0.25, 0.3) is 0 Å². The maximum Gasteiger partial charge on any atom is 0.338 e. The van der Waals surface area contributed by atoms with Crippen molar-refractivity contribution in [1.82, 2.24) is 5.48 Å². The highest BCUT2D eigenvalue weighted by molar-refractivity contribution is 7.86. The van der Waals surface area contributed by atoms with Crippen molar-refractivity contribution in [1.29, 1.82) is 0 Å². The number of hydrogen-bond donors (Lipinski definition) is 1. The van der Waals surface area contributed by atoms with E-state index in [0.717, 1.165) is 11.8 Å². The fourth-order valence-electron chi connectivity index (χ4n) is 5.31. The van der Waals surface area contributed by atoms with Crippen molar-refractivity contribution in [3.63, 3.8) is 0 Å². The number of benzene rings is 5. The largest absolute Gasteiger partial charge is 0.459 e. The average Bonchev–Trinajstić information content (AvgIpc) is 3.22. The molecule has 290 valence electrons. The number of carbonyl (C=O) groups is 4.